The molecule has 0 saturated carbocycles. The molecule has 0 saturated heterocycles. The number of carbonyl (C=O) groups is 2. The van der Waals surface area contributed by atoms with Gasteiger partial charge in [-0.1, -0.05) is 67.6 Å². The maximum Gasteiger partial charge on any atom is 0.223 e. The Hall–Kier alpha value is -2.62. The van der Waals surface area contributed by atoms with Crippen LogP contribution in [0.1, 0.15) is 50.4 Å². The van der Waals surface area contributed by atoms with Crippen molar-refractivity contribution in [1.82, 2.24) is 10.6 Å². The maximum atomic E-state index is 12.3. The Labute approximate surface area is 149 Å². The van der Waals surface area contributed by atoms with E-state index in [0.29, 0.717) is 0 Å². The molecule has 4 nitrogen and oxygen atoms in total. The number of carbonyl (C=O) groups excluding carboxylic acids is 2. The van der Waals surface area contributed by atoms with Gasteiger partial charge in [-0.3, -0.25) is 9.59 Å². The van der Waals surface area contributed by atoms with Gasteiger partial charge in [-0.25, -0.2) is 0 Å². The van der Waals surface area contributed by atoms with Crippen molar-refractivity contribution < 1.29 is 9.59 Å². The predicted molar refractivity (Wildman–Crippen MR) is 99.8 cm³/mol. The number of rotatable bonds is 7. The van der Waals surface area contributed by atoms with Crippen LogP contribution in [-0.2, 0) is 9.59 Å². The highest BCUT2D eigenvalue weighted by Gasteiger charge is 2.20. The molecule has 0 aliphatic rings. The van der Waals surface area contributed by atoms with Gasteiger partial charge in [0.2, 0.25) is 11.8 Å². The van der Waals surface area contributed by atoms with Crippen molar-refractivity contribution in [3.05, 3.63) is 71.8 Å². The Morgan fingerprint density at radius 3 is 1.68 bits per heavy atom. The molecule has 0 spiro atoms. The summed E-state index contributed by atoms with van der Waals surface area (Å²) in [6.07, 6.45) is 0.171. The molecule has 3 atom stereocenters. The van der Waals surface area contributed by atoms with Crippen molar-refractivity contribution in [3.8, 4) is 0 Å². The first-order valence-electron chi connectivity index (χ1n) is 8.67. The molecule has 4 heteroatoms. The zero-order valence-electron chi connectivity index (χ0n) is 15.0. The van der Waals surface area contributed by atoms with Crippen molar-refractivity contribution in [1.29, 1.82) is 0 Å². The summed E-state index contributed by atoms with van der Waals surface area (Å²) in [5.41, 5.74) is 2.09. The number of amides is 2. The first-order chi connectivity index (χ1) is 12.0. The van der Waals surface area contributed by atoms with Crippen molar-refractivity contribution in [2.75, 3.05) is 0 Å². The molecule has 2 amide bonds. The minimum Gasteiger partial charge on any atom is -0.350 e. The molecule has 0 unspecified atom stereocenters. The number of hydrogen-bond donors (Lipinski definition) is 2. The Balaban J connectivity index is 1.83. The van der Waals surface area contributed by atoms with Crippen molar-refractivity contribution in [2.24, 2.45) is 5.92 Å². The van der Waals surface area contributed by atoms with E-state index in [1.807, 2.05) is 74.5 Å². The molecule has 2 N–H and O–H groups in total. The number of benzene rings is 2. The molecular weight excluding hydrogens is 312 g/mol. The van der Waals surface area contributed by atoms with Crippen LogP contribution in [0.3, 0.4) is 0 Å². The highest BCUT2D eigenvalue weighted by Crippen LogP contribution is 2.15. The van der Waals surface area contributed by atoms with Crippen molar-refractivity contribution in [3.63, 3.8) is 0 Å². The van der Waals surface area contributed by atoms with Crippen LogP contribution >= 0.6 is 0 Å². The lowest BCUT2D eigenvalue weighted by Crippen LogP contribution is -2.35. The van der Waals surface area contributed by atoms with Gasteiger partial charge >= 0.3 is 0 Å². The van der Waals surface area contributed by atoms with Gasteiger partial charge in [-0.2, -0.15) is 0 Å². The predicted octanol–water partition coefficient (Wildman–Crippen LogP) is 3.77. The van der Waals surface area contributed by atoms with E-state index in [2.05, 4.69) is 10.6 Å². The monoisotopic (exact) mass is 338 g/mol. The van der Waals surface area contributed by atoms with E-state index in [4.69, 9.17) is 0 Å². The Bertz CT molecular complexity index is 686. The Kier molecular flexibility index (Phi) is 6.75. The summed E-state index contributed by atoms with van der Waals surface area (Å²) < 4.78 is 0. The molecule has 0 aliphatic heterocycles. The van der Waals surface area contributed by atoms with Crippen LogP contribution in [0.4, 0.5) is 0 Å². The fourth-order valence-electron chi connectivity index (χ4n) is 2.68. The fraction of sp³-hybridized carbons (Fsp3) is 0.333. The summed E-state index contributed by atoms with van der Waals surface area (Å²) >= 11 is 0. The molecule has 0 aliphatic carbocycles. The third kappa shape index (κ3) is 5.75. The number of hydrogen-bond acceptors (Lipinski definition) is 2. The number of nitrogens with one attached hydrogen (secondary N) is 2. The summed E-state index contributed by atoms with van der Waals surface area (Å²) in [5.74, 6) is -0.612. The lowest BCUT2D eigenvalue weighted by atomic mass is 10.0. The molecule has 0 fully saturated rings. The van der Waals surface area contributed by atoms with E-state index in [0.717, 1.165) is 11.1 Å². The quantitative estimate of drug-likeness (QED) is 0.807. The minimum absolute atomic E-state index is 0.0767. The van der Waals surface area contributed by atoms with Crippen LogP contribution in [0.2, 0.25) is 0 Å². The van der Waals surface area contributed by atoms with E-state index in [1.165, 1.54) is 0 Å². The third-order valence-corrected chi connectivity index (χ3v) is 4.27. The highest BCUT2D eigenvalue weighted by molar-refractivity contribution is 5.85. The van der Waals surface area contributed by atoms with Gasteiger partial charge in [0.15, 0.2) is 0 Å². The van der Waals surface area contributed by atoms with Crippen LogP contribution in [-0.4, -0.2) is 11.8 Å². The van der Waals surface area contributed by atoms with E-state index in [9.17, 15) is 9.59 Å². The molecule has 2 rings (SSSR count). The third-order valence-electron chi connectivity index (χ3n) is 4.27. The van der Waals surface area contributed by atoms with Crippen molar-refractivity contribution >= 4 is 11.8 Å². The van der Waals surface area contributed by atoms with Crippen LogP contribution in [0.5, 0.6) is 0 Å². The standard InChI is InChI=1S/C21H26N2O2/c1-15(21(25)23-17(3)19-12-8-5-9-13-19)14-20(24)22-16(2)18-10-6-4-7-11-18/h4-13,15-17H,14H2,1-3H3,(H,22,24)(H,23,25)/t15-,16+,17+/m1/s1. The summed E-state index contributed by atoms with van der Waals surface area (Å²) in [7, 11) is 0. The zero-order valence-corrected chi connectivity index (χ0v) is 15.0. The maximum absolute atomic E-state index is 12.3. The second-order valence-electron chi connectivity index (χ2n) is 6.45. The average Bonchev–Trinajstić information content (AvgIpc) is 2.62. The summed E-state index contributed by atoms with van der Waals surface area (Å²) in [6, 6.07) is 19.4. The molecule has 25 heavy (non-hydrogen) atoms. The van der Waals surface area contributed by atoms with E-state index >= 15 is 0 Å². The fourth-order valence-corrected chi connectivity index (χ4v) is 2.68. The SMILES string of the molecule is C[C@H](CC(=O)N[C@@H](C)c1ccccc1)C(=O)N[C@@H](C)c1ccccc1. The van der Waals surface area contributed by atoms with Gasteiger partial charge in [-0.15, -0.1) is 0 Å². The summed E-state index contributed by atoms with van der Waals surface area (Å²) in [5, 5.41) is 5.92. The van der Waals surface area contributed by atoms with Gasteiger partial charge in [0.25, 0.3) is 0 Å². The molecule has 2 aromatic carbocycles. The van der Waals surface area contributed by atoms with Gasteiger partial charge in [0.05, 0.1) is 12.1 Å². The Morgan fingerprint density at radius 2 is 1.20 bits per heavy atom. The first-order valence-corrected chi connectivity index (χ1v) is 8.67. The molecule has 0 heterocycles. The second-order valence-corrected chi connectivity index (χ2v) is 6.45. The normalized spacial score (nSPS) is 14.2. The summed E-state index contributed by atoms with van der Waals surface area (Å²) in [4.78, 5) is 24.5. The highest BCUT2D eigenvalue weighted by atomic mass is 16.2. The molecular formula is C21H26N2O2. The van der Waals surface area contributed by atoms with Gasteiger partial charge in [0, 0.05) is 12.3 Å². The van der Waals surface area contributed by atoms with Crippen LogP contribution < -0.4 is 10.6 Å². The van der Waals surface area contributed by atoms with Gasteiger partial charge in [-0.05, 0) is 25.0 Å². The minimum atomic E-state index is -0.380. The van der Waals surface area contributed by atoms with Gasteiger partial charge in [0.1, 0.15) is 0 Å². The molecule has 0 radical (unpaired) electrons. The molecule has 2 aromatic rings. The lowest BCUT2D eigenvalue weighted by Gasteiger charge is -2.19. The van der Waals surface area contributed by atoms with Crippen LogP contribution in [0, 0.1) is 5.92 Å². The zero-order chi connectivity index (χ0) is 18.2. The first kappa shape index (κ1) is 18.7. The van der Waals surface area contributed by atoms with Crippen LogP contribution in [0.15, 0.2) is 60.7 Å². The van der Waals surface area contributed by atoms with E-state index in [1.54, 1.807) is 6.92 Å². The Morgan fingerprint density at radius 1 is 0.760 bits per heavy atom. The smallest absolute Gasteiger partial charge is 0.223 e. The molecule has 0 aromatic heterocycles. The van der Waals surface area contributed by atoms with Gasteiger partial charge < -0.3 is 10.6 Å². The van der Waals surface area contributed by atoms with Crippen molar-refractivity contribution in [2.45, 2.75) is 39.3 Å². The lowest BCUT2D eigenvalue weighted by molar-refractivity contribution is -0.130. The topological polar surface area (TPSA) is 58.2 Å². The summed E-state index contributed by atoms with van der Waals surface area (Å²) in [6.45, 7) is 5.66. The average molecular weight is 338 g/mol. The largest absolute Gasteiger partial charge is 0.350 e. The molecule has 132 valence electrons. The van der Waals surface area contributed by atoms with Crippen LogP contribution in [0.25, 0.3) is 0 Å². The van der Waals surface area contributed by atoms with E-state index < -0.39 is 0 Å². The van der Waals surface area contributed by atoms with E-state index in [-0.39, 0.29) is 36.2 Å². The second kappa shape index (κ2) is 9.02. The molecule has 0 bridgehead atoms.